The predicted octanol–water partition coefficient (Wildman–Crippen LogP) is 5.93. The van der Waals surface area contributed by atoms with Crippen LogP contribution < -0.4 is 4.74 Å². The Labute approximate surface area is 192 Å². The Morgan fingerprint density at radius 2 is 1.62 bits per heavy atom. The Hall–Kier alpha value is -3.42. The zero-order valence-electron chi connectivity index (χ0n) is 16.5. The summed E-state index contributed by atoms with van der Waals surface area (Å²) in [6.07, 6.45) is 1.61. The van der Waals surface area contributed by atoms with Crippen LogP contribution in [0.2, 0.25) is 5.02 Å². The van der Waals surface area contributed by atoms with E-state index >= 15 is 0 Å². The summed E-state index contributed by atoms with van der Waals surface area (Å²) in [4.78, 5) is 38.6. The first-order chi connectivity index (χ1) is 15.4. The lowest BCUT2D eigenvalue weighted by molar-refractivity contribution is -0.123. The highest BCUT2D eigenvalue weighted by molar-refractivity contribution is 8.18. The second-order valence-corrected chi connectivity index (χ2v) is 8.29. The van der Waals surface area contributed by atoms with Gasteiger partial charge in [0.05, 0.1) is 17.0 Å². The molecule has 0 aliphatic carbocycles. The van der Waals surface area contributed by atoms with Gasteiger partial charge in [-0.05, 0) is 77.5 Å². The molecule has 32 heavy (non-hydrogen) atoms. The molecule has 0 spiro atoms. The third-order valence-electron chi connectivity index (χ3n) is 4.60. The lowest BCUT2D eigenvalue weighted by Crippen LogP contribution is -2.27. The zero-order valence-corrected chi connectivity index (χ0v) is 18.0. The van der Waals surface area contributed by atoms with Crippen molar-refractivity contribution in [3.8, 4) is 5.75 Å². The molecular formula is C24H15ClFNO4S. The highest BCUT2D eigenvalue weighted by Gasteiger charge is 2.34. The number of ether oxygens (including phenoxy) is 1. The molecule has 0 bridgehead atoms. The Balaban J connectivity index is 1.42. The maximum absolute atomic E-state index is 13.0. The van der Waals surface area contributed by atoms with Gasteiger partial charge in [-0.1, -0.05) is 35.9 Å². The molecule has 0 radical (unpaired) electrons. The quantitative estimate of drug-likeness (QED) is 0.264. The number of rotatable bonds is 5. The summed E-state index contributed by atoms with van der Waals surface area (Å²) in [5, 5.41) is 0.232. The summed E-state index contributed by atoms with van der Waals surface area (Å²) >= 11 is 6.74. The molecule has 8 heteroatoms. The Morgan fingerprint density at radius 3 is 2.28 bits per heavy atom. The monoisotopic (exact) mass is 467 g/mol. The molecule has 1 saturated heterocycles. The van der Waals surface area contributed by atoms with Gasteiger partial charge in [0.2, 0.25) is 0 Å². The number of carbonyl (C=O) groups is 3. The van der Waals surface area contributed by atoms with Crippen molar-refractivity contribution in [2.75, 3.05) is 0 Å². The summed E-state index contributed by atoms with van der Waals surface area (Å²) in [7, 11) is 0. The first kappa shape index (κ1) is 21.8. The first-order valence-electron chi connectivity index (χ1n) is 9.47. The molecular weight excluding hydrogens is 453 g/mol. The van der Waals surface area contributed by atoms with Gasteiger partial charge in [-0.2, -0.15) is 0 Å². The smallest absolute Gasteiger partial charge is 0.343 e. The standard InChI is InChI=1S/C24H15ClFNO4S/c25-18-7-1-16(2-8-18)14-27-22(28)21(32-24(27)30)13-15-3-11-20(12-4-15)31-23(29)17-5-9-19(26)10-6-17/h1-13H,14H2/b21-13-. The van der Waals surface area contributed by atoms with Crippen molar-refractivity contribution in [1.29, 1.82) is 0 Å². The summed E-state index contributed by atoms with van der Waals surface area (Å²) in [6, 6.07) is 18.5. The zero-order chi connectivity index (χ0) is 22.7. The fraction of sp³-hybridized carbons (Fsp3) is 0.0417. The number of esters is 1. The molecule has 0 N–H and O–H groups in total. The molecule has 1 heterocycles. The maximum atomic E-state index is 13.0. The molecule has 0 aromatic heterocycles. The molecule has 1 fully saturated rings. The summed E-state index contributed by atoms with van der Waals surface area (Å²) < 4.78 is 18.2. The van der Waals surface area contributed by atoms with E-state index in [0.29, 0.717) is 21.2 Å². The maximum Gasteiger partial charge on any atom is 0.343 e. The van der Waals surface area contributed by atoms with Crippen molar-refractivity contribution in [3.63, 3.8) is 0 Å². The largest absolute Gasteiger partial charge is 0.423 e. The molecule has 1 aliphatic rings. The third-order valence-corrected chi connectivity index (χ3v) is 5.76. The van der Waals surface area contributed by atoms with Gasteiger partial charge in [-0.15, -0.1) is 0 Å². The number of hydrogen-bond donors (Lipinski definition) is 0. The van der Waals surface area contributed by atoms with Crippen LogP contribution in [0.3, 0.4) is 0 Å². The van der Waals surface area contributed by atoms with Crippen LogP contribution in [0.25, 0.3) is 6.08 Å². The fourth-order valence-electron chi connectivity index (χ4n) is 2.94. The van der Waals surface area contributed by atoms with Crippen LogP contribution in [-0.4, -0.2) is 22.0 Å². The van der Waals surface area contributed by atoms with Crippen molar-refractivity contribution in [2.45, 2.75) is 6.54 Å². The van der Waals surface area contributed by atoms with Crippen LogP contribution in [0.1, 0.15) is 21.5 Å². The van der Waals surface area contributed by atoms with E-state index in [9.17, 15) is 18.8 Å². The van der Waals surface area contributed by atoms with E-state index in [1.807, 2.05) is 0 Å². The second kappa shape index (κ2) is 9.38. The van der Waals surface area contributed by atoms with Crippen molar-refractivity contribution in [3.05, 3.63) is 105 Å². The third kappa shape index (κ3) is 5.07. The van der Waals surface area contributed by atoms with Gasteiger partial charge in [-0.25, -0.2) is 9.18 Å². The van der Waals surface area contributed by atoms with Crippen LogP contribution in [0, 0.1) is 5.82 Å². The van der Waals surface area contributed by atoms with Gasteiger partial charge in [0.25, 0.3) is 11.1 Å². The average molecular weight is 468 g/mol. The molecule has 5 nitrogen and oxygen atoms in total. The summed E-state index contributed by atoms with van der Waals surface area (Å²) in [5.41, 5.74) is 1.69. The Morgan fingerprint density at radius 1 is 0.969 bits per heavy atom. The normalized spacial score (nSPS) is 14.8. The number of hydrogen-bond acceptors (Lipinski definition) is 5. The van der Waals surface area contributed by atoms with Crippen LogP contribution in [-0.2, 0) is 11.3 Å². The predicted molar refractivity (Wildman–Crippen MR) is 121 cm³/mol. The van der Waals surface area contributed by atoms with Gasteiger partial charge in [0, 0.05) is 5.02 Å². The molecule has 2 amide bonds. The number of nitrogens with zero attached hydrogens (tertiary/aromatic N) is 1. The second-order valence-electron chi connectivity index (χ2n) is 6.86. The number of benzene rings is 3. The Kier molecular flexibility index (Phi) is 6.39. The highest BCUT2D eigenvalue weighted by Crippen LogP contribution is 2.33. The van der Waals surface area contributed by atoms with E-state index < -0.39 is 11.8 Å². The van der Waals surface area contributed by atoms with Crippen molar-refractivity contribution < 1.29 is 23.5 Å². The van der Waals surface area contributed by atoms with Crippen molar-refractivity contribution in [2.24, 2.45) is 0 Å². The van der Waals surface area contributed by atoms with Gasteiger partial charge < -0.3 is 4.74 Å². The van der Waals surface area contributed by atoms with Crippen molar-refractivity contribution in [1.82, 2.24) is 4.90 Å². The minimum absolute atomic E-state index is 0.164. The number of thioether (sulfide) groups is 1. The number of halogens is 2. The van der Waals surface area contributed by atoms with Crippen LogP contribution in [0.5, 0.6) is 5.75 Å². The topological polar surface area (TPSA) is 63.7 Å². The molecule has 3 aromatic carbocycles. The van der Waals surface area contributed by atoms with Crippen LogP contribution in [0.15, 0.2) is 77.7 Å². The minimum Gasteiger partial charge on any atom is -0.423 e. The van der Waals surface area contributed by atoms with Gasteiger partial charge in [0.1, 0.15) is 11.6 Å². The van der Waals surface area contributed by atoms with E-state index in [-0.39, 0.29) is 23.3 Å². The van der Waals surface area contributed by atoms with Gasteiger partial charge in [-0.3, -0.25) is 14.5 Å². The molecule has 0 saturated carbocycles. The fourth-order valence-corrected chi connectivity index (χ4v) is 3.91. The molecule has 1 aliphatic heterocycles. The first-order valence-corrected chi connectivity index (χ1v) is 10.7. The van der Waals surface area contributed by atoms with Gasteiger partial charge >= 0.3 is 5.97 Å². The molecule has 160 valence electrons. The molecule has 0 atom stereocenters. The number of imide groups is 1. The average Bonchev–Trinajstić information content (AvgIpc) is 3.04. The van der Waals surface area contributed by atoms with E-state index in [1.54, 1.807) is 54.6 Å². The van der Waals surface area contributed by atoms with E-state index in [0.717, 1.165) is 17.3 Å². The van der Waals surface area contributed by atoms with Crippen LogP contribution >= 0.6 is 23.4 Å². The van der Waals surface area contributed by atoms with Crippen molar-refractivity contribution >= 4 is 46.6 Å². The summed E-state index contributed by atoms with van der Waals surface area (Å²) in [6.45, 7) is 0.164. The van der Waals surface area contributed by atoms with Crippen LogP contribution in [0.4, 0.5) is 9.18 Å². The lowest BCUT2D eigenvalue weighted by Gasteiger charge is -2.12. The highest BCUT2D eigenvalue weighted by atomic mass is 35.5. The number of carbonyl (C=O) groups excluding carboxylic acids is 3. The molecule has 0 unspecified atom stereocenters. The minimum atomic E-state index is -0.610. The number of amides is 2. The van der Waals surface area contributed by atoms with E-state index in [2.05, 4.69) is 0 Å². The SMILES string of the molecule is O=C(Oc1ccc(/C=C2\SC(=O)N(Cc3ccc(Cl)cc3)C2=O)cc1)c1ccc(F)cc1. The van der Waals surface area contributed by atoms with E-state index in [4.69, 9.17) is 16.3 Å². The van der Waals surface area contributed by atoms with E-state index in [1.165, 1.54) is 29.2 Å². The molecule has 3 aromatic rings. The van der Waals surface area contributed by atoms with Gasteiger partial charge in [0.15, 0.2) is 0 Å². The lowest BCUT2D eigenvalue weighted by atomic mass is 10.2. The Bertz CT molecular complexity index is 1210. The molecule has 4 rings (SSSR count). The summed E-state index contributed by atoms with van der Waals surface area (Å²) in [5.74, 6) is -1.13.